The summed E-state index contributed by atoms with van der Waals surface area (Å²) >= 11 is 6.22. The average molecular weight is 332 g/mol. The summed E-state index contributed by atoms with van der Waals surface area (Å²) in [6.45, 7) is 1.47. The van der Waals surface area contributed by atoms with Gasteiger partial charge in [-0.3, -0.25) is 9.69 Å². The summed E-state index contributed by atoms with van der Waals surface area (Å²) in [6, 6.07) is 5.54. The molecule has 1 unspecified atom stereocenters. The molecule has 2 heterocycles. The van der Waals surface area contributed by atoms with E-state index < -0.39 is 11.9 Å². The molecule has 118 valence electrons. The normalized spacial score (nSPS) is 19.6. The van der Waals surface area contributed by atoms with Crippen LogP contribution in [-0.4, -0.2) is 17.9 Å². The second-order valence-electron chi connectivity index (χ2n) is 6.14. The van der Waals surface area contributed by atoms with Crippen LogP contribution >= 0.6 is 11.6 Å². The topological polar surface area (TPSA) is 58.4 Å². The Morgan fingerprint density at radius 2 is 2.13 bits per heavy atom. The van der Waals surface area contributed by atoms with Gasteiger partial charge >= 0.3 is 0 Å². The van der Waals surface area contributed by atoms with E-state index in [1.165, 1.54) is 18.2 Å². The summed E-state index contributed by atoms with van der Waals surface area (Å²) in [6.07, 6.45) is 0. The van der Waals surface area contributed by atoms with Crippen molar-refractivity contribution in [3.05, 3.63) is 62.9 Å². The van der Waals surface area contributed by atoms with Gasteiger partial charge in [-0.1, -0.05) is 11.6 Å². The van der Waals surface area contributed by atoms with Crippen molar-refractivity contribution < 1.29 is 9.18 Å². The molecule has 4 nitrogen and oxygen atoms in total. The molecule has 1 atom stereocenters. The summed E-state index contributed by atoms with van der Waals surface area (Å²) < 4.78 is 13.6. The van der Waals surface area contributed by atoms with Crippen molar-refractivity contribution in [1.82, 2.24) is 10.2 Å². The molecule has 23 heavy (non-hydrogen) atoms. The number of hydrogen-bond donors (Lipinski definition) is 2. The van der Waals surface area contributed by atoms with Crippen molar-refractivity contribution in [1.29, 1.82) is 0 Å². The molecule has 6 heteroatoms. The zero-order valence-electron chi connectivity index (χ0n) is 12.5. The molecule has 0 aromatic heterocycles. The number of carbonyl (C=O) groups excluding carboxylic acids is 1. The predicted molar refractivity (Wildman–Crippen MR) is 86.7 cm³/mol. The van der Waals surface area contributed by atoms with Gasteiger partial charge in [-0.25, -0.2) is 4.39 Å². The Kier molecular flexibility index (Phi) is 3.11. The largest absolute Gasteiger partial charge is 0.398 e. The molecular weight excluding hydrogens is 317 g/mol. The van der Waals surface area contributed by atoms with Crippen LogP contribution in [0.25, 0.3) is 0 Å². The van der Waals surface area contributed by atoms with Crippen LogP contribution in [-0.2, 0) is 13.1 Å². The molecule has 0 saturated heterocycles. The zero-order valence-corrected chi connectivity index (χ0v) is 13.2. The van der Waals surface area contributed by atoms with Crippen molar-refractivity contribution in [3.8, 4) is 0 Å². The third kappa shape index (κ3) is 2.11. The molecule has 2 aromatic carbocycles. The zero-order chi connectivity index (χ0) is 16.3. The van der Waals surface area contributed by atoms with Crippen molar-refractivity contribution in [2.45, 2.75) is 19.1 Å². The number of anilines is 1. The molecule has 0 saturated carbocycles. The molecule has 2 aliphatic rings. The molecule has 0 radical (unpaired) electrons. The second kappa shape index (κ2) is 4.94. The fourth-order valence-corrected chi connectivity index (χ4v) is 3.80. The summed E-state index contributed by atoms with van der Waals surface area (Å²) in [5.74, 6) is -0.573. The summed E-state index contributed by atoms with van der Waals surface area (Å²) in [5, 5.41) is 3.30. The summed E-state index contributed by atoms with van der Waals surface area (Å²) in [7, 11) is 2.00. The van der Waals surface area contributed by atoms with Gasteiger partial charge in [-0.2, -0.15) is 0 Å². The van der Waals surface area contributed by atoms with Crippen molar-refractivity contribution >= 4 is 23.2 Å². The standard InChI is InChI=1S/C17H15ClFN3O/c1-22-6-8-4-13(20)15-14(11(8)7-22)17(23)21-16(15)10-5-9(19)2-3-12(10)18/h2-5,16H,6-7,20H2,1H3,(H,21,23). The maximum atomic E-state index is 13.6. The maximum absolute atomic E-state index is 13.6. The van der Waals surface area contributed by atoms with E-state index >= 15 is 0 Å². The molecule has 0 aliphatic carbocycles. The number of halogens is 2. The lowest BCUT2D eigenvalue weighted by Crippen LogP contribution is -2.21. The van der Waals surface area contributed by atoms with Crippen molar-refractivity contribution in [2.24, 2.45) is 0 Å². The lowest BCUT2D eigenvalue weighted by molar-refractivity contribution is 0.0959. The van der Waals surface area contributed by atoms with Crippen molar-refractivity contribution in [3.63, 3.8) is 0 Å². The van der Waals surface area contributed by atoms with Gasteiger partial charge in [-0.15, -0.1) is 0 Å². The van der Waals surface area contributed by atoms with Crippen LogP contribution in [0.1, 0.15) is 38.7 Å². The molecule has 0 spiro atoms. The minimum atomic E-state index is -0.517. The molecule has 0 fully saturated rings. The Morgan fingerprint density at radius 3 is 2.91 bits per heavy atom. The van der Waals surface area contributed by atoms with E-state index in [0.717, 1.165) is 17.7 Å². The highest BCUT2D eigenvalue weighted by molar-refractivity contribution is 6.31. The van der Waals surface area contributed by atoms with Crippen LogP contribution in [0, 0.1) is 5.82 Å². The fourth-order valence-electron chi connectivity index (χ4n) is 3.57. The van der Waals surface area contributed by atoms with Gasteiger partial charge in [0.05, 0.1) is 11.6 Å². The number of nitrogens with one attached hydrogen (secondary N) is 1. The van der Waals surface area contributed by atoms with Crippen LogP contribution in [0.2, 0.25) is 5.02 Å². The van der Waals surface area contributed by atoms with Crippen LogP contribution in [0.5, 0.6) is 0 Å². The van der Waals surface area contributed by atoms with Crippen LogP contribution < -0.4 is 11.1 Å². The maximum Gasteiger partial charge on any atom is 0.252 e. The fraction of sp³-hybridized carbons (Fsp3) is 0.235. The quantitative estimate of drug-likeness (QED) is 0.790. The SMILES string of the molecule is CN1Cc2cc(N)c3c(c2C1)C(=O)NC3c1cc(F)ccc1Cl. The van der Waals surface area contributed by atoms with Gasteiger partial charge in [0, 0.05) is 34.9 Å². The number of hydrogen-bond acceptors (Lipinski definition) is 3. The number of carbonyl (C=O) groups is 1. The number of nitrogen functional groups attached to an aromatic ring is 1. The third-order valence-electron chi connectivity index (χ3n) is 4.53. The van der Waals surface area contributed by atoms with E-state index in [9.17, 15) is 9.18 Å². The highest BCUT2D eigenvalue weighted by Gasteiger charge is 2.37. The van der Waals surface area contributed by atoms with Crippen LogP contribution in [0.15, 0.2) is 24.3 Å². The Balaban J connectivity index is 1.93. The minimum Gasteiger partial charge on any atom is -0.398 e. The summed E-state index contributed by atoms with van der Waals surface area (Å²) in [5.41, 5.74) is 10.7. The van der Waals surface area contributed by atoms with Gasteiger partial charge in [0.25, 0.3) is 5.91 Å². The van der Waals surface area contributed by atoms with E-state index in [-0.39, 0.29) is 5.91 Å². The van der Waals surface area contributed by atoms with E-state index in [1.807, 2.05) is 13.1 Å². The Hall–Kier alpha value is -2.11. The first-order chi connectivity index (χ1) is 11.0. The monoisotopic (exact) mass is 331 g/mol. The molecule has 3 N–H and O–H groups in total. The molecule has 1 amide bonds. The molecule has 4 rings (SSSR count). The van der Waals surface area contributed by atoms with E-state index in [0.29, 0.717) is 33.9 Å². The highest BCUT2D eigenvalue weighted by Crippen LogP contribution is 2.42. The lowest BCUT2D eigenvalue weighted by atomic mass is 9.92. The minimum absolute atomic E-state index is 0.177. The first-order valence-electron chi connectivity index (χ1n) is 7.34. The second-order valence-corrected chi connectivity index (χ2v) is 6.54. The average Bonchev–Trinajstić information content (AvgIpc) is 3.02. The number of benzene rings is 2. The molecule has 2 aliphatic heterocycles. The third-order valence-corrected chi connectivity index (χ3v) is 4.87. The first kappa shape index (κ1) is 14.5. The van der Waals surface area contributed by atoms with Gasteiger partial charge in [0.15, 0.2) is 0 Å². The van der Waals surface area contributed by atoms with Gasteiger partial charge < -0.3 is 11.1 Å². The van der Waals surface area contributed by atoms with Crippen molar-refractivity contribution in [2.75, 3.05) is 12.8 Å². The molecule has 2 aromatic rings. The molecular formula is C17H15ClFN3O. The van der Waals surface area contributed by atoms with Crippen LogP contribution in [0.4, 0.5) is 10.1 Å². The van der Waals surface area contributed by atoms with Crippen LogP contribution in [0.3, 0.4) is 0 Å². The Labute approximate surface area is 138 Å². The van der Waals surface area contributed by atoms with Gasteiger partial charge in [0.1, 0.15) is 5.82 Å². The number of nitrogens with zero attached hydrogens (tertiary/aromatic N) is 1. The predicted octanol–water partition coefficient (Wildman–Crippen LogP) is 2.84. The summed E-state index contributed by atoms with van der Waals surface area (Å²) in [4.78, 5) is 14.7. The van der Waals surface area contributed by atoms with Gasteiger partial charge in [-0.05, 0) is 42.4 Å². The smallest absolute Gasteiger partial charge is 0.252 e. The number of rotatable bonds is 1. The molecule has 0 bridgehead atoms. The highest BCUT2D eigenvalue weighted by atomic mass is 35.5. The number of nitrogens with two attached hydrogens (primary N) is 1. The first-order valence-corrected chi connectivity index (χ1v) is 7.72. The number of amides is 1. The van der Waals surface area contributed by atoms with E-state index in [2.05, 4.69) is 10.2 Å². The Morgan fingerprint density at radius 1 is 1.35 bits per heavy atom. The Bertz CT molecular complexity index is 852. The van der Waals surface area contributed by atoms with E-state index in [1.54, 1.807) is 0 Å². The van der Waals surface area contributed by atoms with E-state index in [4.69, 9.17) is 17.3 Å². The van der Waals surface area contributed by atoms with Gasteiger partial charge in [0.2, 0.25) is 0 Å². The number of fused-ring (bicyclic) bond motifs is 3. The lowest BCUT2D eigenvalue weighted by Gasteiger charge is -2.16.